The van der Waals surface area contributed by atoms with Gasteiger partial charge in [-0.3, -0.25) is 0 Å². The maximum absolute atomic E-state index is 5.67. The van der Waals surface area contributed by atoms with Crippen LogP contribution >= 0.6 is 11.6 Å². The first kappa shape index (κ1) is 14.5. The lowest BCUT2D eigenvalue weighted by molar-refractivity contribution is 0.489. The highest BCUT2D eigenvalue weighted by molar-refractivity contribution is 6.17. The maximum Gasteiger partial charge on any atom is 0.0713 e. The molecule has 1 aromatic carbocycles. The molecule has 0 spiro atoms. The highest BCUT2D eigenvalue weighted by Crippen LogP contribution is 2.25. The van der Waals surface area contributed by atoms with Crippen molar-refractivity contribution in [2.75, 3.05) is 12.5 Å². The number of halogens is 1. The molecule has 96 valence electrons. The van der Waals surface area contributed by atoms with Crippen molar-refractivity contribution in [3.05, 3.63) is 35.4 Å². The molecule has 0 saturated heterocycles. The van der Waals surface area contributed by atoms with Gasteiger partial charge >= 0.3 is 0 Å². The van der Waals surface area contributed by atoms with Crippen LogP contribution in [0.25, 0.3) is 0 Å². The van der Waals surface area contributed by atoms with Crippen LogP contribution in [0.1, 0.15) is 51.2 Å². The topological polar surface area (TPSA) is 12.0 Å². The van der Waals surface area contributed by atoms with Gasteiger partial charge in [0.1, 0.15) is 0 Å². The number of hydrogen-bond acceptors (Lipinski definition) is 1. The van der Waals surface area contributed by atoms with Crippen molar-refractivity contribution in [1.29, 1.82) is 0 Å². The summed E-state index contributed by atoms with van der Waals surface area (Å²) in [6.07, 6.45) is 1.19. The van der Waals surface area contributed by atoms with E-state index in [0.717, 1.165) is 6.54 Å². The normalized spacial score (nSPS) is 13.7. The Balaban J connectivity index is 2.79. The van der Waals surface area contributed by atoms with E-state index in [4.69, 9.17) is 11.6 Å². The van der Waals surface area contributed by atoms with Crippen molar-refractivity contribution >= 4 is 11.6 Å². The van der Waals surface area contributed by atoms with E-state index in [2.05, 4.69) is 57.3 Å². The fraction of sp³-hybridized carbons (Fsp3) is 0.600. The second kappa shape index (κ2) is 6.42. The zero-order valence-electron chi connectivity index (χ0n) is 11.4. The Morgan fingerprint density at radius 3 is 2.29 bits per heavy atom. The van der Waals surface area contributed by atoms with Gasteiger partial charge in [0.05, 0.1) is 6.00 Å². The minimum atomic E-state index is 0.128. The van der Waals surface area contributed by atoms with Crippen molar-refractivity contribution < 1.29 is 0 Å². The molecule has 1 aromatic rings. The Bertz CT molecular complexity index is 329. The molecule has 1 atom stereocenters. The number of rotatable bonds is 6. The van der Waals surface area contributed by atoms with Crippen LogP contribution in [0.5, 0.6) is 0 Å². The van der Waals surface area contributed by atoms with Gasteiger partial charge in [0.2, 0.25) is 0 Å². The van der Waals surface area contributed by atoms with Crippen molar-refractivity contribution in [3.8, 4) is 0 Å². The largest absolute Gasteiger partial charge is 0.303 e. The van der Waals surface area contributed by atoms with E-state index in [-0.39, 0.29) is 5.41 Å². The summed E-state index contributed by atoms with van der Waals surface area (Å²) < 4.78 is 0. The van der Waals surface area contributed by atoms with Gasteiger partial charge in [0, 0.05) is 12.0 Å². The van der Waals surface area contributed by atoms with E-state index in [0.29, 0.717) is 11.9 Å². The Morgan fingerprint density at radius 1 is 1.24 bits per heavy atom. The van der Waals surface area contributed by atoms with E-state index in [1.165, 1.54) is 17.5 Å². The standard InChI is InChI=1S/C15H24ClN/c1-5-12(2)13-6-8-14(9-7-13)15(3,4)10-17-11-16/h6-9,12,17H,5,10-11H2,1-4H3. The lowest BCUT2D eigenvalue weighted by Crippen LogP contribution is -2.32. The van der Waals surface area contributed by atoms with Gasteiger partial charge in [-0.05, 0) is 23.5 Å². The summed E-state index contributed by atoms with van der Waals surface area (Å²) >= 11 is 5.67. The van der Waals surface area contributed by atoms with Crippen LogP contribution in [0, 0.1) is 0 Å². The molecule has 0 aromatic heterocycles. The molecule has 17 heavy (non-hydrogen) atoms. The third kappa shape index (κ3) is 4.01. The minimum Gasteiger partial charge on any atom is -0.303 e. The van der Waals surface area contributed by atoms with Crippen LogP contribution in [0.2, 0.25) is 0 Å². The molecule has 0 aliphatic carbocycles. The zero-order valence-corrected chi connectivity index (χ0v) is 12.1. The van der Waals surface area contributed by atoms with Gasteiger partial charge in [0.15, 0.2) is 0 Å². The highest BCUT2D eigenvalue weighted by atomic mass is 35.5. The van der Waals surface area contributed by atoms with Gasteiger partial charge in [-0.2, -0.15) is 0 Å². The molecule has 2 heteroatoms. The molecule has 1 N–H and O–H groups in total. The summed E-state index contributed by atoms with van der Waals surface area (Å²) in [6, 6.07) is 9.51. The summed E-state index contributed by atoms with van der Waals surface area (Å²) in [5, 5.41) is 3.20. The molecule has 0 aliphatic rings. The third-order valence-electron chi connectivity index (χ3n) is 3.53. The van der Waals surface area contributed by atoms with Crippen molar-refractivity contribution in [3.63, 3.8) is 0 Å². The first-order valence-corrected chi connectivity index (χ1v) is 6.92. The molecule has 0 saturated carbocycles. The van der Waals surface area contributed by atoms with Gasteiger partial charge in [-0.15, -0.1) is 11.6 Å². The van der Waals surface area contributed by atoms with Gasteiger partial charge < -0.3 is 5.32 Å². The van der Waals surface area contributed by atoms with Crippen molar-refractivity contribution in [2.24, 2.45) is 0 Å². The molecule has 0 bridgehead atoms. The van der Waals surface area contributed by atoms with E-state index in [9.17, 15) is 0 Å². The molecule has 0 aliphatic heterocycles. The summed E-state index contributed by atoms with van der Waals surface area (Å²) in [5.74, 6) is 0.646. The second-order valence-corrected chi connectivity index (χ2v) is 5.64. The van der Waals surface area contributed by atoms with E-state index >= 15 is 0 Å². The summed E-state index contributed by atoms with van der Waals surface area (Å²) in [4.78, 5) is 0. The van der Waals surface area contributed by atoms with Gasteiger partial charge in [-0.1, -0.05) is 52.0 Å². The van der Waals surface area contributed by atoms with Crippen LogP contribution in [-0.4, -0.2) is 12.5 Å². The summed E-state index contributed by atoms with van der Waals surface area (Å²) in [5.41, 5.74) is 2.92. The second-order valence-electron chi connectivity index (χ2n) is 5.38. The number of alkyl halides is 1. The predicted molar refractivity (Wildman–Crippen MR) is 76.9 cm³/mol. The van der Waals surface area contributed by atoms with E-state index < -0.39 is 0 Å². The predicted octanol–water partition coefficient (Wildman–Crippen LogP) is 4.26. The smallest absolute Gasteiger partial charge is 0.0713 e. The van der Waals surface area contributed by atoms with Crippen molar-refractivity contribution in [1.82, 2.24) is 5.32 Å². The monoisotopic (exact) mass is 253 g/mol. The number of benzene rings is 1. The molecule has 1 nitrogen and oxygen atoms in total. The lowest BCUT2D eigenvalue weighted by atomic mass is 9.83. The molecule has 0 amide bonds. The zero-order chi connectivity index (χ0) is 12.9. The molecule has 0 radical (unpaired) electrons. The lowest BCUT2D eigenvalue weighted by Gasteiger charge is -2.26. The SMILES string of the molecule is CCC(C)c1ccc(C(C)(C)CNCCl)cc1. The number of nitrogens with one attached hydrogen (secondary N) is 1. The molecular formula is C15H24ClN. The Morgan fingerprint density at radius 2 is 1.82 bits per heavy atom. The summed E-state index contributed by atoms with van der Waals surface area (Å²) in [7, 11) is 0. The average Bonchev–Trinajstić information content (AvgIpc) is 2.35. The Labute approximate surface area is 111 Å². The van der Waals surface area contributed by atoms with Crippen LogP contribution in [0.3, 0.4) is 0 Å². The fourth-order valence-electron chi connectivity index (χ4n) is 1.96. The number of hydrogen-bond donors (Lipinski definition) is 1. The highest BCUT2D eigenvalue weighted by Gasteiger charge is 2.19. The van der Waals surface area contributed by atoms with Crippen LogP contribution < -0.4 is 5.32 Å². The van der Waals surface area contributed by atoms with Gasteiger partial charge in [0.25, 0.3) is 0 Å². The molecule has 1 unspecified atom stereocenters. The van der Waals surface area contributed by atoms with E-state index in [1.807, 2.05) is 0 Å². The molecule has 0 fully saturated rings. The molecule has 1 rings (SSSR count). The fourth-order valence-corrected chi connectivity index (χ4v) is 2.05. The first-order chi connectivity index (χ1) is 8.01. The van der Waals surface area contributed by atoms with Crippen LogP contribution in [0.15, 0.2) is 24.3 Å². The summed E-state index contributed by atoms with van der Waals surface area (Å²) in [6.45, 7) is 9.89. The van der Waals surface area contributed by atoms with Crippen LogP contribution in [-0.2, 0) is 5.41 Å². The quantitative estimate of drug-likeness (QED) is 0.590. The molecule has 0 heterocycles. The average molecular weight is 254 g/mol. The maximum atomic E-state index is 5.67. The first-order valence-electron chi connectivity index (χ1n) is 6.38. The Kier molecular flexibility index (Phi) is 5.48. The Hall–Kier alpha value is -0.530. The van der Waals surface area contributed by atoms with Crippen LogP contribution in [0.4, 0.5) is 0 Å². The van der Waals surface area contributed by atoms with Crippen molar-refractivity contribution in [2.45, 2.75) is 45.4 Å². The van der Waals surface area contributed by atoms with E-state index in [1.54, 1.807) is 0 Å². The third-order valence-corrected chi connectivity index (χ3v) is 3.72. The minimum absolute atomic E-state index is 0.128. The van der Waals surface area contributed by atoms with Gasteiger partial charge in [-0.25, -0.2) is 0 Å². The molecular weight excluding hydrogens is 230 g/mol.